The van der Waals surface area contributed by atoms with Gasteiger partial charge in [-0.3, -0.25) is 4.57 Å². The molecular formula is C17H19I2O5P. The maximum Gasteiger partial charge on any atom is 0.233 e. The molecule has 2 N–H and O–H groups in total. The van der Waals surface area contributed by atoms with Crippen LogP contribution in [0.2, 0.25) is 0 Å². The van der Waals surface area contributed by atoms with Crippen molar-refractivity contribution in [1.82, 2.24) is 0 Å². The molecule has 0 bridgehead atoms. The van der Waals surface area contributed by atoms with E-state index in [-0.39, 0.29) is 18.0 Å². The number of benzene rings is 2. The highest BCUT2D eigenvalue weighted by Gasteiger charge is 2.15. The summed E-state index contributed by atoms with van der Waals surface area (Å²) in [5.74, 6) is 2.27. The molecular weight excluding hydrogens is 569 g/mol. The van der Waals surface area contributed by atoms with Crippen LogP contribution in [0.25, 0.3) is 0 Å². The van der Waals surface area contributed by atoms with Crippen LogP contribution in [-0.4, -0.2) is 23.0 Å². The van der Waals surface area contributed by atoms with Crippen LogP contribution in [0.4, 0.5) is 0 Å². The summed E-state index contributed by atoms with van der Waals surface area (Å²) in [5.41, 5.74) is 0.823. The number of hydrogen-bond acceptors (Lipinski definition) is 4. The Balaban J connectivity index is 2.26. The predicted molar refractivity (Wildman–Crippen MR) is 115 cm³/mol. The lowest BCUT2D eigenvalue weighted by molar-refractivity contribution is 0.351. The van der Waals surface area contributed by atoms with Crippen molar-refractivity contribution in [2.45, 2.75) is 19.8 Å². The number of aromatic hydroxyl groups is 1. The van der Waals surface area contributed by atoms with Crippen LogP contribution in [0, 0.1) is 7.14 Å². The molecule has 0 aliphatic heterocycles. The normalized spacial score (nSPS) is 13.6. The summed E-state index contributed by atoms with van der Waals surface area (Å²) in [6, 6.07) is 8.70. The van der Waals surface area contributed by atoms with Crippen LogP contribution in [0.15, 0.2) is 30.3 Å². The molecule has 2 aromatic carbocycles. The summed E-state index contributed by atoms with van der Waals surface area (Å²) >= 11 is 4.27. The summed E-state index contributed by atoms with van der Waals surface area (Å²) in [4.78, 5) is 9.34. The average Bonchev–Trinajstić information content (AvgIpc) is 2.49. The van der Waals surface area contributed by atoms with Crippen molar-refractivity contribution >= 4 is 52.6 Å². The van der Waals surface area contributed by atoms with Crippen LogP contribution < -0.4 is 9.47 Å². The van der Waals surface area contributed by atoms with Gasteiger partial charge in [-0.1, -0.05) is 13.8 Å². The van der Waals surface area contributed by atoms with Gasteiger partial charge < -0.3 is 19.5 Å². The zero-order valence-corrected chi connectivity index (χ0v) is 19.2. The first-order valence-corrected chi connectivity index (χ1v) is 11.9. The molecule has 0 aliphatic rings. The van der Waals surface area contributed by atoms with Crippen LogP contribution in [0.1, 0.15) is 25.3 Å². The quantitative estimate of drug-likeness (QED) is 0.332. The zero-order chi connectivity index (χ0) is 18.8. The first kappa shape index (κ1) is 20.8. The van der Waals surface area contributed by atoms with E-state index in [2.05, 4.69) is 45.2 Å². The maximum absolute atomic E-state index is 11.4. The SMILES string of the molecule is CC(C)c1cc(Oc2c(I)cc(OCP(C)(=O)O)cc2I)ccc1O. The minimum Gasteiger partial charge on any atom is -0.508 e. The molecule has 136 valence electrons. The lowest BCUT2D eigenvalue weighted by atomic mass is 10.0. The minimum absolute atomic E-state index is 0.181. The molecule has 0 radical (unpaired) electrons. The number of ether oxygens (including phenoxy) is 2. The van der Waals surface area contributed by atoms with E-state index in [9.17, 15) is 14.6 Å². The molecule has 0 saturated heterocycles. The molecule has 0 aliphatic carbocycles. The minimum atomic E-state index is -3.23. The van der Waals surface area contributed by atoms with Crippen molar-refractivity contribution < 1.29 is 24.0 Å². The first-order valence-electron chi connectivity index (χ1n) is 7.48. The van der Waals surface area contributed by atoms with E-state index in [0.29, 0.717) is 17.2 Å². The van der Waals surface area contributed by atoms with Gasteiger partial charge in [0.05, 0.1) is 7.14 Å². The van der Waals surface area contributed by atoms with E-state index < -0.39 is 7.37 Å². The zero-order valence-electron chi connectivity index (χ0n) is 14.0. The molecule has 1 unspecified atom stereocenters. The Labute approximate surface area is 174 Å². The summed E-state index contributed by atoms with van der Waals surface area (Å²) < 4.78 is 24.4. The highest BCUT2D eigenvalue weighted by Crippen LogP contribution is 2.39. The van der Waals surface area contributed by atoms with Gasteiger partial charge >= 0.3 is 0 Å². The number of hydrogen-bond donors (Lipinski definition) is 2. The van der Waals surface area contributed by atoms with Crippen molar-refractivity contribution in [3.05, 3.63) is 43.0 Å². The molecule has 25 heavy (non-hydrogen) atoms. The number of phenols is 1. The summed E-state index contributed by atoms with van der Waals surface area (Å²) in [7, 11) is -3.23. The van der Waals surface area contributed by atoms with Crippen molar-refractivity contribution in [1.29, 1.82) is 0 Å². The second kappa shape index (κ2) is 8.45. The molecule has 1 atom stereocenters. The number of rotatable bonds is 6. The van der Waals surface area contributed by atoms with Gasteiger partial charge in [0.25, 0.3) is 0 Å². The summed E-state index contributed by atoms with van der Waals surface area (Å²) in [6.45, 7) is 5.27. The molecule has 2 aromatic rings. The van der Waals surface area contributed by atoms with E-state index in [1.165, 1.54) is 6.66 Å². The lowest BCUT2D eigenvalue weighted by Crippen LogP contribution is -2.00. The number of halogens is 2. The Morgan fingerprint density at radius 2 is 1.72 bits per heavy atom. The molecule has 0 aromatic heterocycles. The van der Waals surface area contributed by atoms with Crippen molar-refractivity contribution in [2.24, 2.45) is 0 Å². The Bertz CT molecular complexity index is 794. The topological polar surface area (TPSA) is 76.0 Å². The highest BCUT2D eigenvalue weighted by molar-refractivity contribution is 14.1. The molecule has 5 nitrogen and oxygen atoms in total. The Kier molecular flexibility index (Phi) is 7.03. The monoisotopic (exact) mass is 588 g/mol. The summed E-state index contributed by atoms with van der Waals surface area (Å²) in [6.07, 6.45) is -0.227. The third-order valence-corrected chi connectivity index (χ3v) is 5.49. The second-order valence-corrected chi connectivity index (χ2v) is 10.7. The first-order chi connectivity index (χ1) is 11.6. The van der Waals surface area contributed by atoms with Gasteiger partial charge in [0.15, 0.2) is 12.1 Å². The number of phenolic OH excluding ortho intramolecular Hbond substituents is 1. The average molecular weight is 588 g/mol. The van der Waals surface area contributed by atoms with Crippen molar-refractivity contribution in [3.63, 3.8) is 0 Å². The van der Waals surface area contributed by atoms with E-state index in [1.807, 2.05) is 19.9 Å². The van der Waals surface area contributed by atoms with E-state index in [4.69, 9.17) is 9.47 Å². The van der Waals surface area contributed by atoms with Crippen molar-refractivity contribution in [2.75, 3.05) is 13.0 Å². The van der Waals surface area contributed by atoms with Gasteiger partial charge in [0, 0.05) is 12.2 Å². The Morgan fingerprint density at radius 1 is 1.12 bits per heavy atom. The third-order valence-electron chi connectivity index (χ3n) is 3.28. The Hall–Kier alpha value is -0.510. The molecule has 0 spiro atoms. The molecule has 0 amide bonds. The van der Waals surface area contributed by atoms with Crippen molar-refractivity contribution in [3.8, 4) is 23.0 Å². The van der Waals surface area contributed by atoms with Crippen LogP contribution in [0.3, 0.4) is 0 Å². The predicted octanol–water partition coefficient (Wildman–Crippen LogP) is 5.75. The van der Waals surface area contributed by atoms with Gasteiger partial charge in [-0.15, -0.1) is 0 Å². The molecule has 8 heteroatoms. The van der Waals surface area contributed by atoms with Gasteiger partial charge in [0.1, 0.15) is 17.2 Å². The van der Waals surface area contributed by atoms with E-state index in [1.54, 1.807) is 24.3 Å². The van der Waals surface area contributed by atoms with Gasteiger partial charge in [-0.2, -0.15) is 0 Å². The fraction of sp³-hybridized carbons (Fsp3) is 0.294. The Morgan fingerprint density at radius 3 is 2.24 bits per heavy atom. The van der Waals surface area contributed by atoms with Crippen LogP contribution in [0.5, 0.6) is 23.0 Å². The maximum atomic E-state index is 11.4. The fourth-order valence-electron chi connectivity index (χ4n) is 2.09. The van der Waals surface area contributed by atoms with Crippen LogP contribution in [-0.2, 0) is 4.57 Å². The third kappa shape index (κ3) is 6.01. The molecule has 0 heterocycles. The lowest BCUT2D eigenvalue weighted by Gasteiger charge is -2.15. The molecule has 2 rings (SSSR count). The van der Waals surface area contributed by atoms with Gasteiger partial charge in [-0.25, -0.2) is 0 Å². The van der Waals surface area contributed by atoms with Gasteiger partial charge in [-0.05, 0) is 81.4 Å². The highest BCUT2D eigenvalue weighted by atomic mass is 127. The molecule has 0 fully saturated rings. The second-order valence-electron chi connectivity index (χ2n) is 6.02. The van der Waals surface area contributed by atoms with Crippen LogP contribution >= 0.6 is 52.6 Å². The largest absolute Gasteiger partial charge is 0.508 e. The fourth-order valence-corrected chi connectivity index (χ4v) is 4.41. The standard InChI is InChI=1S/C17H19I2O5P/c1-10(2)13-6-11(4-5-16(13)20)24-17-14(18)7-12(8-15(17)19)23-9-25(3,21)22/h4-8,10,20H,9H2,1-3H3,(H,21,22). The smallest absolute Gasteiger partial charge is 0.233 e. The van der Waals surface area contributed by atoms with E-state index >= 15 is 0 Å². The van der Waals surface area contributed by atoms with Gasteiger partial charge in [0.2, 0.25) is 7.37 Å². The summed E-state index contributed by atoms with van der Waals surface area (Å²) in [5, 5.41) is 9.92. The molecule has 0 saturated carbocycles. The van der Waals surface area contributed by atoms with E-state index in [0.717, 1.165) is 12.7 Å².